The summed E-state index contributed by atoms with van der Waals surface area (Å²) >= 11 is 8.33. The average molecular weight is 495 g/mol. The number of thiophene rings is 1. The normalized spacial score (nSPS) is 20.9. The van der Waals surface area contributed by atoms with Crippen LogP contribution in [0.2, 0.25) is 5.02 Å². The number of carbonyl (C=O) groups is 1. The number of benzene rings is 1. The second kappa shape index (κ2) is 9.06. The molecular weight excluding hydrogens is 464 g/mol. The van der Waals surface area contributed by atoms with Gasteiger partial charge in [-0.2, -0.15) is 0 Å². The number of nitrogens with one attached hydrogen (secondary N) is 1. The van der Waals surface area contributed by atoms with Crippen molar-refractivity contribution in [3.8, 4) is 5.00 Å². The number of likely N-dealkylation sites (N-methyl/N-ethyl adjacent to an activating group) is 1. The number of carbonyl (C=O) groups excluding carboxylic acids is 1. The van der Waals surface area contributed by atoms with Crippen LogP contribution in [0.5, 0.6) is 0 Å². The molecule has 1 fully saturated rings. The molecule has 3 aliphatic rings. The molecule has 1 atom stereocenters. The first-order valence-corrected chi connectivity index (χ1v) is 13.6. The fraction of sp³-hybridized carbons (Fsp3) is 0.444. The van der Waals surface area contributed by atoms with Crippen LogP contribution in [0, 0.1) is 0 Å². The van der Waals surface area contributed by atoms with E-state index in [0.717, 1.165) is 43.6 Å². The van der Waals surface area contributed by atoms with Crippen molar-refractivity contribution in [1.82, 2.24) is 19.7 Å². The minimum absolute atomic E-state index is 0.0327. The Labute approximate surface area is 210 Å². The van der Waals surface area contributed by atoms with E-state index in [0.29, 0.717) is 11.6 Å². The molecule has 1 aliphatic carbocycles. The predicted molar refractivity (Wildman–Crippen MR) is 138 cm³/mol. The van der Waals surface area contributed by atoms with Gasteiger partial charge in [-0.25, -0.2) is 4.79 Å². The molecule has 34 heavy (non-hydrogen) atoms. The monoisotopic (exact) mass is 494 g/mol. The van der Waals surface area contributed by atoms with Gasteiger partial charge in [0.1, 0.15) is 5.00 Å². The van der Waals surface area contributed by atoms with E-state index in [1.54, 1.807) is 0 Å². The summed E-state index contributed by atoms with van der Waals surface area (Å²) in [5.74, 6) is 0. The molecule has 5 nitrogen and oxygen atoms in total. The fourth-order valence-corrected chi connectivity index (χ4v) is 7.52. The summed E-state index contributed by atoms with van der Waals surface area (Å²) in [4.78, 5) is 19.8. The van der Waals surface area contributed by atoms with Crippen molar-refractivity contribution >= 4 is 29.0 Å². The molecule has 0 bridgehead atoms. The van der Waals surface area contributed by atoms with Gasteiger partial charge in [-0.15, -0.1) is 11.3 Å². The van der Waals surface area contributed by atoms with Crippen molar-refractivity contribution in [2.75, 3.05) is 13.6 Å². The van der Waals surface area contributed by atoms with Gasteiger partial charge in [-0.1, -0.05) is 43.0 Å². The Morgan fingerprint density at radius 2 is 1.94 bits per heavy atom. The maximum absolute atomic E-state index is 13.9. The number of hydrogen-bond acceptors (Lipinski definition) is 3. The summed E-state index contributed by atoms with van der Waals surface area (Å²) in [6, 6.07) is 12.4. The second-order valence-corrected chi connectivity index (χ2v) is 11.5. The number of hydrogen-bond donors (Lipinski definition) is 1. The lowest BCUT2D eigenvalue weighted by Gasteiger charge is -2.34. The number of urea groups is 1. The van der Waals surface area contributed by atoms with Gasteiger partial charge < -0.3 is 19.7 Å². The molecule has 1 aromatic carbocycles. The maximum atomic E-state index is 13.9. The Hall–Kier alpha value is -2.28. The summed E-state index contributed by atoms with van der Waals surface area (Å²) in [7, 11) is 2.19. The van der Waals surface area contributed by atoms with Gasteiger partial charge in [0.05, 0.1) is 18.3 Å². The zero-order valence-corrected chi connectivity index (χ0v) is 21.2. The topological polar surface area (TPSA) is 40.5 Å². The molecule has 1 saturated carbocycles. The van der Waals surface area contributed by atoms with Gasteiger partial charge in [0.25, 0.3) is 0 Å². The minimum atomic E-state index is -0.196. The quantitative estimate of drug-likeness (QED) is 0.465. The van der Waals surface area contributed by atoms with Crippen molar-refractivity contribution in [3.63, 3.8) is 0 Å². The zero-order valence-electron chi connectivity index (χ0n) is 19.6. The summed E-state index contributed by atoms with van der Waals surface area (Å²) in [6.45, 7) is 2.65. The van der Waals surface area contributed by atoms with Crippen LogP contribution in [0.1, 0.15) is 65.4 Å². The third-order valence-electron chi connectivity index (χ3n) is 7.61. The van der Waals surface area contributed by atoms with Crippen molar-refractivity contribution in [2.24, 2.45) is 0 Å². The van der Waals surface area contributed by atoms with Crippen LogP contribution in [0.3, 0.4) is 0 Å². The molecule has 178 valence electrons. The molecule has 4 heterocycles. The molecule has 2 amide bonds. The van der Waals surface area contributed by atoms with E-state index in [2.05, 4.69) is 51.1 Å². The molecule has 2 aliphatic heterocycles. The molecule has 0 saturated heterocycles. The van der Waals surface area contributed by atoms with Gasteiger partial charge in [0.15, 0.2) is 0 Å². The third kappa shape index (κ3) is 3.96. The van der Waals surface area contributed by atoms with E-state index in [9.17, 15) is 4.79 Å². The van der Waals surface area contributed by atoms with E-state index in [1.165, 1.54) is 40.3 Å². The number of amides is 2. The Bertz CT molecular complexity index is 1210. The minimum Gasteiger partial charge on any atom is -0.335 e. The van der Waals surface area contributed by atoms with E-state index in [1.807, 2.05) is 29.5 Å². The lowest BCUT2D eigenvalue weighted by Crippen LogP contribution is -2.46. The van der Waals surface area contributed by atoms with Gasteiger partial charge in [-0.3, -0.25) is 0 Å². The van der Waals surface area contributed by atoms with Crippen LogP contribution >= 0.6 is 22.9 Å². The Kier molecular flexibility index (Phi) is 5.92. The highest BCUT2D eigenvalue weighted by atomic mass is 35.5. The predicted octanol–water partition coefficient (Wildman–Crippen LogP) is 6.13. The second-order valence-electron chi connectivity index (χ2n) is 9.95. The van der Waals surface area contributed by atoms with Crippen molar-refractivity contribution in [1.29, 1.82) is 0 Å². The van der Waals surface area contributed by atoms with Gasteiger partial charge in [-0.05, 0) is 61.7 Å². The molecule has 0 radical (unpaired) electrons. The number of rotatable bonds is 2. The van der Waals surface area contributed by atoms with Gasteiger partial charge >= 0.3 is 6.03 Å². The smallest absolute Gasteiger partial charge is 0.318 e. The van der Waals surface area contributed by atoms with E-state index >= 15 is 0 Å². The lowest BCUT2D eigenvalue weighted by atomic mass is 9.95. The van der Waals surface area contributed by atoms with Crippen LogP contribution in [-0.2, 0) is 19.5 Å². The molecule has 3 aromatic rings. The Balaban J connectivity index is 1.47. The first-order chi connectivity index (χ1) is 16.6. The van der Waals surface area contributed by atoms with Crippen LogP contribution in [0.15, 0.2) is 42.6 Å². The third-order valence-corrected chi connectivity index (χ3v) is 9.11. The highest BCUT2D eigenvalue weighted by Gasteiger charge is 2.37. The SMILES string of the molecule is CN1CCc2c(sc3c2CN(C(=O)NC2CCCCC2)[C@H](c2cccc(Cl)c2)c2cccn2-3)C1. The standard InChI is InChI=1S/C27H31ClN4OS/c1-30-14-12-21-22-16-32(27(33)29-20-9-3-2-4-10-20)25(18-7-5-8-19(28)15-18)23-11-6-13-31(23)26(22)34-24(21)17-30/h5-8,11,13,15,20,25H,2-4,9-10,12,14,16-17H2,1H3,(H,29,33)/t25-/m1/s1. The van der Waals surface area contributed by atoms with Crippen LogP contribution in [0.25, 0.3) is 5.00 Å². The summed E-state index contributed by atoms with van der Waals surface area (Å²) in [5.41, 5.74) is 4.93. The highest BCUT2D eigenvalue weighted by molar-refractivity contribution is 7.15. The maximum Gasteiger partial charge on any atom is 0.318 e. The van der Waals surface area contributed by atoms with E-state index < -0.39 is 0 Å². The van der Waals surface area contributed by atoms with E-state index in [4.69, 9.17) is 11.6 Å². The molecular formula is C27H31ClN4OS. The number of aromatic nitrogens is 1. The molecule has 0 unspecified atom stereocenters. The van der Waals surface area contributed by atoms with Crippen LogP contribution in [-0.4, -0.2) is 40.0 Å². The van der Waals surface area contributed by atoms with Crippen LogP contribution < -0.4 is 5.32 Å². The lowest BCUT2D eigenvalue weighted by molar-refractivity contribution is 0.173. The molecule has 0 spiro atoms. The van der Waals surface area contributed by atoms with Crippen molar-refractivity contribution < 1.29 is 4.79 Å². The highest BCUT2D eigenvalue weighted by Crippen LogP contribution is 2.43. The Morgan fingerprint density at radius 1 is 1.09 bits per heavy atom. The Morgan fingerprint density at radius 3 is 2.76 bits per heavy atom. The van der Waals surface area contributed by atoms with Crippen molar-refractivity contribution in [3.05, 3.63) is 74.9 Å². The number of halogens is 1. The molecule has 2 aromatic heterocycles. The molecule has 1 N–H and O–H groups in total. The largest absolute Gasteiger partial charge is 0.335 e. The average Bonchev–Trinajstić information content (AvgIpc) is 3.41. The first kappa shape index (κ1) is 22.2. The number of nitrogens with zero attached hydrogens (tertiary/aromatic N) is 3. The van der Waals surface area contributed by atoms with Crippen LogP contribution in [0.4, 0.5) is 4.79 Å². The first-order valence-electron chi connectivity index (χ1n) is 12.4. The van der Waals surface area contributed by atoms with Gasteiger partial charge in [0.2, 0.25) is 0 Å². The fourth-order valence-electron chi connectivity index (χ4n) is 5.88. The van der Waals surface area contributed by atoms with Gasteiger partial charge in [0, 0.05) is 40.8 Å². The zero-order chi connectivity index (χ0) is 23.2. The van der Waals surface area contributed by atoms with Crippen molar-refractivity contribution in [2.45, 2.75) is 63.7 Å². The summed E-state index contributed by atoms with van der Waals surface area (Å²) in [5, 5.41) is 5.36. The summed E-state index contributed by atoms with van der Waals surface area (Å²) < 4.78 is 2.32. The van der Waals surface area contributed by atoms with E-state index in [-0.39, 0.29) is 18.1 Å². The molecule has 6 rings (SSSR count). The summed E-state index contributed by atoms with van der Waals surface area (Å²) in [6.07, 6.45) is 9.00. The molecule has 7 heteroatoms. The number of fused-ring (bicyclic) bond motifs is 5.